The normalized spacial score (nSPS) is 10.1. The zero-order valence-corrected chi connectivity index (χ0v) is 10.8. The molecule has 0 bridgehead atoms. The van der Waals surface area contributed by atoms with Gasteiger partial charge in [0.1, 0.15) is 5.75 Å². The summed E-state index contributed by atoms with van der Waals surface area (Å²) in [6.45, 7) is 4.32. The summed E-state index contributed by atoms with van der Waals surface area (Å²) in [5.41, 5.74) is 2.01. The van der Waals surface area contributed by atoms with Gasteiger partial charge in [-0.15, -0.1) is 0 Å². The van der Waals surface area contributed by atoms with Crippen LogP contribution < -0.4 is 10.1 Å². The summed E-state index contributed by atoms with van der Waals surface area (Å²) in [5.74, 6) is 0.668. The van der Waals surface area contributed by atoms with Crippen molar-refractivity contribution < 1.29 is 4.74 Å². The molecule has 0 aliphatic carbocycles. The van der Waals surface area contributed by atoms with Crippen molar-refractivity contribution in [1.29, 1.82) is 0 Å². The lowest BCUT2D eigenvalue weighted by atomic mass is 10.3. The van der Waals surface area contributed by atoms with Gasteiger partial charge in [0.15, 0.2) is 0 Å². The first kappa shape index (κ1) is 12.5. The van der Waals surface area contributed by atoms with E-state index in [0.717, 1.165) is 11.3 Å². The van der Waals surface area contributed by atoms with Crippen molar-refractivity contribution in [1.82, 2.24) is 9.78 Å². The third-order valence-electron chi connectivity index (χ3n) is 2.49. The fourth-order valence-electron chi connectivity index (χ4n) is 1.55. The van der Waals surface area contributed by atoms with Crippen molar-refractivity contribution in [3.8, 4) is 5.75 Å². The Morgan fingerprint density at radius 3 is 3.00 bits per heavy atom. The van der Waals surface area contributed by atoms with Crippen molar-refractivity contribution in [2.24, 2.45) is 0 Å². The molecule has 0 aliphatic heterocycles. The molecule has 0 saturated carbocycles. The summed E-state index contributed by atoms with van der Waals surface area (Å²) in [4.78, 5) is 0. The Bertz CT molecular complexity index is 551. The molecule has 0 unspecified atom stereocenters. The van der Waals surface area contributed by atoms with Crippen LogP contribution in [0.1, 0.15) is 5.56 Å². The summed E-state index contributed by atoms with van der Waals surface area (Å²) in [6.07, 6.45) is 5.35. The monoisotopic (exact) mass is 263 g/mol. The van der Waals surface area contributed by atoms with E-state index in [-0.39, 0.29) is 0 Å². The van der Waals surface area contributed by atoms with Crippen LogP contribution in [0.15, 0.2) is 37.2 Å². The topological polar surface area (TPSA) is 39.1 Å². The van der Waals surface area contributed by atoms with Gasteiger partial charge in [-0.2, -0.15) is 5.10 Å². The second-order valence-electron chi connectivity index (χ2n) is 3.71. The Hall–Kier alpha value is -1.94. The molecule has 1 aromatic carbocycles. The van der Waals surface area contributed by atoms with Crippen LogP contribution in [0.25, 0.3) is 6.20 Å². The van der Waals surface area contributed by atoms with Gasteiger partial charge in [-0.05, 0) is 18.2 Å². The lowest BCUT2D eigenvalue weighted by Gasteiger charge is -2.07. The third-order valence-corrected chi connectivity index (χ3v) is 2.79. The molecule has 1 heterocycles. The highest BCUT2D eigenvalue weighted by Crippen LogP contribution is 2.27. The number of hydrogen-bond acceptors (Lipinski definition) is 3. The van der Waals surface area contributed by atoms with E-state index >= 15 is 0 Å². The van der Waals surface area contributed by atoms with Gasteiger partial charge < -0.3 is 10.1 Å². The number of halogens is 1. The number of benzene rings is 1. The summed E-state index contributed by atoms with van der Waals surface area (Å²) < 4.78 is 6.76. The Morgan fingerprint density at radius 1 is 1.56 bits per heavy atom. The molecule has 0 fully saturated rings. The van der Waals surface area contributed by atoms with E-state index in [1.807, 2.05) is 24.4 Å². The molecule has 5 heteroatoms. The molecule has 2 aromatic rings. The van der Waals surface area contributed by atoms with E-state index in [1.165, 1.54) is 0 Å². The fraction of sp³-hybridized carbons (Fsp3) is 0.154. The Balaban J connectivity index is 2.01. The first-order valence-electron chi connectivity index (χ1n) is 5.46. The van der Waals surface area contributed by atoms with E-state index in [9.17, 15) is 0 Å². The van der Waals surface area contributed by atoms with Crippen molar-refractivity contribution in [3.05, 3.63) is 47.8 Å². The number of nitrogens with one attached hydrogen (secondary N) is 1. The van der Waals surface area contributed by atoms with E-state index in [1.54, 1.807) is 24.2 Å². The highest BCUT2D eigenvalue weighted by molar-refractivity contribution is 6.32. The fourth-order valence-corrected chi connectivity index (χ4v) is 1.81. The van der Waals surface area contributed by atoms with Crippen LogP contribution in [-0.4, -0.2) is 16.9 Å². The number of hydrogen-bond donors (Lipinski definition) is 1. The Kier molecular flexibility index (Phi) is 3.89. The number of nitrogens with zero attached hydrogens (tertiary/aromatic N) is 2. The summed E-state index contributed by atoms with van der Waals surface area (Å²) >= 11 is 6.04. The summed E-state index contributed by atoms with van der Waals surface area (Å²) in [6, 6.07) is 5.58. The quantitative estimate of drug-likeness (QED) is 0.900. The van der Waals surface area contributed by atoms with Gasteiger partial charge in [0.25, 0.3) is 0 Å². The number of rotatable bonds is 5. The molecule has 18 heavy (non-hydrogen) atoms. The Morgan fingerprint density at radius 2 is 2.39 bits per heavy atom. The molecular formula is C13H14ClN3O. The van der Waals surface area contributed by atoms with E-state index in [4.69, 9.17) is 16.3 Å². The summed E-state index contributed by atoms with van der Waals surface area (Å²) in [7, 11) is 1.60. The van der Waals surface area contributed by atoms with Crippen LogP contribution in [0.4, 0.5) is 5.69 Å². The zero-order chi connectivity index (χ0) is 13.0. The average Bonchev–Trinajstić information content (AvgIpc) is 2.84. The first-order chi connectivity index (χ1) is 8.72. The highest BCUT2D eigenvalue weighted by atomic mass is 35.5. The molecule has 0 spiro atoms. The predicted octanol–water partition coefficient (Wildman–Crippen LogP) is 3.26. The van der Waals surface area contributed by atoms with Crippen LogP contribution in [0, 0.1) is 0 Å². The minimum absolute atomic E-state index is 0.587. The molecule has 94 valence electrons. The molecular weight excluding hydrogens is 250 g/mol. The van der Waals surface area contributed by atoms with Crippen LogP contribution in [0.2, 0.25) is 5.02 Å². The first-order valence-corrected chi connectivity index (χ1v) is 5.83. The molecule has 4 nitrogen and oxygen atoms in total. The minimum atomic E-state index is 0.587. The van der Waals surface area contributed by atoms with Gasteiger partial charge in [0.2, 0.25) is 0 Å². The lowest BCUT2D eigenvalue weighted by molar-refractivity contribution is 0.415. The molecule has 0 atom stereocenters. The zero-order valence-electron chi connectivity index (χ0n) is 10.1. The molecule has 1 aromatic heterocycles. The van der Waals surface area contributed by atoms with E-state index in [2.05, 4.69) is 17.0 Å². The maximum absolute atomic E-state index is 6.04. The predicted molar refractivity (Wildman–Crippen MR) is 73.9 cm³/mol. The van der Waals surface area contributed by atoms with Crippen molar-refractivity contribution in [3.63, 3.8) is 0 Å². The second-order valence-corrected chi connectivity index (χ2v) is 4.12. The number of methoxy groups -OCH3 is 1. The van der Waals surface area contributed by atoms with Crippen molar-refractivity contribution in [2.75, 3.05) is 12.4 Å². The van der Waals surface area contributed by atoms with Gasteiger partial charge in [-0.3, -0.25) is 0 Å². The standard InChI is InChI=1S/C13H14ClN3O/c1-3-17-9-10(8-16-17)7-15-11-4-5-13(18-2)12(14)6-11/h3-6,8-9,15H,1,7H2,2H3. The molecule has 0 amide bonds. The molecule has 0 saturated heterocycles. The van der Waals surface area contributed by atoms with Crippen LogP contribution in [-0.2, 0) is 6.54 Å². The number of aromatic nitrogens is 2. The number of ether oxygens (including phenoxy) is 1. The average molecular weight is 264 g/mol. The smallest absolute Gasteiger partial charge is 0.137 e. The SMILES string of the molecule is C=Cn1cc(CNc2ccc(OC)c(Cl)c2)cn1. The van der Waals surface area contributed by atoms with Gasteiger partial charge in [-0.25, -0.2) is 4.68 Å². The second kappa shape index (κ2) is 5.60. The minimum Gasteiger partial charge on any atom is -0.495 e. The van der Waals surface area contributed by atoms with Crippen molar-refractivity contribution >= 4 is 23.5 Å². The van der Waals surface area contributed by atoms with Gasteiger partial charge >= 0.3 is 0 Å². The van der Waals surface area contributed by atoms with Crippen LogP contribution in [0.5, 0.6) is 5.75 Å². The lowest BCUT2D eigenvalue weighted by Crippen LogP contribution is -1.98. The van der Waals surface area contributed by atoms with Crippen molar-refractivity contribution in [2.45, 2.75) is 6.54 Å². The number of anilines is 1. The van der Waals surface area contributed by atoms with E-state index in [0.29, 0.717) is 17.3 Å². The van der Waals surface area contributed by atoms with Gasteiger partial charge in [0.05, 0.1) is 18.3 Å². The van der Waals surface area contributed by atoms with Crippen LogP contribution >= 0.6 is 11.6 Å². The largest absolute Gasteiger partial charge is 0.495 e. The summed E-state index contributed by atoms with van der Waals surface area (Å²) in [5, 5.41) is 7.95. The molecule has 2 rings (SSSR count). The van der Waals surface area contributed by atoms with E-state index < -0.39 is 0 Å². The third kappa shape index (κ3) is 2.84. The Labute approximate surface area is 111 Å². The maximum Gasteiger partial charge on any atom is 0.137 e. The molecule has 1 N–H and O–H groups in total. The van der Waals surface area contributed by atoms with Gasteiger partial charge in [-0.1, -0.05) is 18.2 Å². The molecule has 0 aliphatic rings. The molecule has 0 radical (unpaired) electrons. The highest BCUT2D eigenvalue weighted by Gasteiger charge is 2.02. The van der Waals surface area contributed by atoms with Gasteiger partial charge in [0, 0.05) is 30.2 Å². The van der Waals surface area contributed by atoms with Crippen LogP contribution in [0.3, 0.4) is 0 Å². The maximum atomic E-state index is 6.04.